The summed E-state index contributed by atoms with van der Waals surface area (Å²) in [5, 5.41) is 6.11. The smallest absolute Gasteiger partial charge is 0.319 e. The molecule has 1 aromatic carbocycles. The lowest BCUT2D eigenvalue weighted by Crippen LogP contribution is -2.46. The largest absolute Gasteiger partial charge is 0.335 e. The molecule has 1 aliphatic heterocycles. The van der Waals surface area contributed by atoms with Gasteiger partial charge in [0.15, 0.2) is 0 Å². The number of hydrogen-bond acceptors (Lipinski definition) is 3. The van der Waals surface area contributed by atoms with E-state index in [1.54, 1.807) is 0 Å². The highest BCUT2D eigenvalue weighted by molar-refractivity contribution is 5.89. The Morgan fingerprint density at radius 3 is 2.38 bits per heavy atom. The number of carbonyl (C=O) groups is 1. The van der Waals surface area contributed by atoms with Crippen LogP contribution in [0.15, 0.2) is 48.8 Å². The Balaban J connectivity index is 1.34. The van der Waals surface area contributed by atoms with E-state index >= 15 is 0 Å². The molecule has 2 N–H and O–H groups in total. The lowest BCUT2D eigenvalue weighted by Gasteiger charge is -2.32. The molecule has 29 heavy (non-hydrogen) atoms. The summed E-state index contributed by atoms with van der Waals surface area (Å²) in [4.78, 5) is 18.9. The van der Waals surface area contributed by atoms with Gasteiger partial charge < -0.3 is 15.5 Å². The third-order valence-corrected chi connectivity index (χ3v) is 5.67. The first-order valence-corrected chi connectivity index (χ1v) is 11.0. The highest BCUT2D eigenvalue weighted by Crippen LogP contribution is 2.14. The van der Waals surface area contributed by atoms with Gasteiger partial charge in [-0.3, -0.25) is 4.98 Å². The molecule has 5 nitrogen and oxygen atoms in total. The quantitative estimate of drug-likeness (QED) is 0.609. The lowest BCUT2D eigenvalue weighted by atomic mass is 10.0. The number of pyridine rings is 1. The number of piperidine rings is 1. The van der Waals surface area contributed by atoms with Crippen molar-refractivity contribution >= 4 is 11.7 Å². The van der Waals surface area contributed by atoms with E-state index in [0.29, 0.717) is 0 Å². The van der Waals surface area contributed by atoms with Gasteiger partial charge in [0.05, 0.1) is 0 Å². The molecule has 0 radical (unpaired) electrons. The van der Waals surface area contributed by atoms with Crippen LogP contribution in [0, 0.1) is 0 Å². The Morgan fingerprint density at radius 1 is 1.00 bits per heavy atom. The van der Waals surface area contributed by atoms with E-state index in [1.165, 1.54) is 30.4 Å². The highest BCUT2D eigenvalue weighted by atomic mass is 16.2. The fourth-order valence-corrected chi connectivity index (χ4v) is 3.82. The first-order valence-electron chi connectivity index (χ1n) is 11.0. The lowest BCUT2D eigenvalue weighted by molar-refractivity contribution is 0.197. The number of rotatable bonds is 9. The number of urea groups is 1. The zero-order valence-corrected chi connectivity index (χ0v) is 17.6. The van der Waals surface area contributed by atoms with Crippen molar-refractivity contribution in [2.24, 2.45) is 0 Å². The minimum absolute atomic E-state index is 0.0982. The van der Waals surface area contributed by atoms with E-state index < -0.39 is 0 Å². The van der Waals surface area contributed by atoms with Crippen molar-refractivity contribution in [3.63, 3.8) is 0 Å². The molecule has 2 aromatic rings. The van der Waals surface area contributed by atoms with Crippen LogP contribution in [-0.2, 0) is 12.8 Å². The van der Waals surface area contributed by atoms with Crippen molar-refractivity contribution in [2.45, 2.75) is 57.9 Å². The Labute approximate surface area is 174 Å². The van der Waals surface area contributed by atoms with Crippen molar-refractivity contribution in [1.82, 2.24) is 15.2 Å². The molecule has 0 bridgehead atoms. The Morgan fingerprint density at radius 2 is 1.69 bits per heavy atom. The summed E-state index contributed by atoms with van der Waals surface area (Å²) in [5.74, 6) is 0. The van der Waals surface area contributed by atoms with E-state index in [-0.39, 0.29) is 12.1 Å². The van der Waals surface area contributed by atoms with Crippen LogP contribution in [0.25, 0.3) is 0 Å². The number of anilines is 1. The molecule has 2 amide bonds. The molecule has 0 atom stereocenters. The predicted molar refractivity (Wildman–Crippen MR) is 119 cm³/mol. The van der Waals surface area contributed by atoms with Crippen molar-refractivity contribution < 1.29 is 4.79 Å². The molecule has 0 aliphatic carbocycles. The average molecular weight is 395 g/mol. The molecule has 1 saturated heterocycles. The predicted octanol–water partition coefficient (Wildman–Crippen LogP) is 4.64. The third kappa shape index (κ3) is 7.50. The highest BCUT2D eigenvalue weighted by Gasteiger charge is 2.20. The summed E-state index contributed by atoms with van der Waals surface area (Å²) in [7, 11) is 0. The molecule has 5 heteroatoms. The van der Waals surface area contributed by atoms with Crippen LogP contribution in [-0.4, -0.2) is 41.6 Å². The molecule has 1 aromatic heterocycles. The number of nitrogens with zero attached hydrogens (tertiary/aromatic N) is 2. The van der Waals surface area contributed by atoms with Gasteiger partial charge in [-0.2, -0.15) is 0 Å². The number of aryl methyl sites for hydroxylation is 1. The van der Waals surface area contributed by atoms with Gasteiger partial charge in [0, 0.05) is 43.8 Å². The van der Waals surface area contributed by atoms with Gasteiger partial charge in [-0.25, -0.2) is 4.79 Å². The van der Waals surface area contributed by atoms with Crippen molar-refractivity contribution in [3.8, 4) is 0 Å². The summed E-state index contributed by atoms with van der Waals surface area (Å²) >= 11 is 0. The summed E-state index contributed by atoms with van der Waals surface area (Å²) < 4.78 is 0. The maximum atomic E-state index is 12.3. The van der Waals surface area contributed by atoms with Gasteiger partial charge in [-0.05, 0) is 67.5 Å². The molecule has 0 saturated carbocycles. The zero-order valence-electron chi connectivity index (χ0n) is 17.6. The molecular weight excluding hydrogens is 360 g/mol. The minimum atomic E-state index is -0.0982. The molecule has 1 aliphatic rings. The second-order valence-corrected chi connectivity index (χ2v) is 7.97. The second-order valence-electron chi connectivity index (χ2n) is 7.97. The van der Waals surface area contributed by atoms with E-state index in [0.717, 1.165) is 51.0 Å². The van der Waals surface area contributed by atoms with Gasteiger partial charge >= 0.3 is 6.03 Å². The second kappa shape index (κ2) is 11.6. The summed E-state index contributed by atoms with van der Waals surface area (Å²) in [6, 6.07) is 12.6. The molecule has 0 unspecified atom stereocenters. The minimum Gasteiger partial charge on any atom is -0.335 e. The summed E-state index contributed by atoms with van der Waals surface area (Å²) in [6.07, 6.45) is 11.6. The number of unbranched alkanes of at least 4 members (excludes halogenated alkanes) is 2. The zero-order chi connectivity index (χ0) is 20.3. The number of benzene rings is 1. The van der Waals surface area contributed by atoms with Crippen LogP contribution in [0.3, 0.4) is 0 Å². The van der Waals surface area contributed by atoms with Crippen molar-refractivity contribution in [2.75, 3.05) is 25.0 Å². The topological polar surface area (TPSA) is 57.3 Å². The molecule has 156 valence electrons. The number of likely N-dealkylation sites (tertiary alicyclic amines) is 1. The van der Waals surface area contributed by atoms with Crippen LogP contribution in [0.2, 0.25) is 0 Å². The van der Waals surface area contributed by atoms with Crippen LogP contribution in [0.4, 0.5) is 10.5 Å². The van der Waals surface area contributed by atoms with Crippen LogP contribution in [0.1, 0.15) is 50.2 Å². The van der Waals surface area contributed by atoms with Gasteiger partial charge in [0.2, 0.25) is 0 Å². The monoisotopic (exact) mass is 394 g/mol. The SMILES string of the molecule is CCCCCc1ccc(NC(=O)NC2CCN(CCc3ccncc3)CC2)cc1. The van der Waals surface area contributed by atoms with Gasteiger partial charge in [0.1, 0.15) is 0 Å². The van der Waals surface area contributed by atoms with Crippen molar-refractivity contribution in [3.05, 3.63) is 59.9 Å². The van der Waals surface area contributed by atoms with Crippen LogP contribution < -0.4 is 10.6 Å². The van der Waals surface area contributed by atoms with Gasteiger partial charge in [-0.15, -0.1) is 0 Å². The molecule has 2 heterocycles. The average Bonchev–Trinajstić information content (AvgIpc) is 2.75. The Bertz CT molecular complexity index is 724. The summed E-state index contributed by atoms with van der Waals surface area (Å²) in [5.41, 5.74) is 3.52. The molecule has 0 spiro atoms. The summed E-state index contributed by atoms with van der Waals surface area (Å²) in [6.45, 7) is 5.34. The van der Waals surface area contributed by atoms with Crippen LogP contribution >= 0.6 is 0 Å². The first-order chi connectivity index (χ1) is 14.2. The maximum absolute atomic E-state index is 12.3. The van der Waals surface area contributed by atoms with Gasteiger partial charge in [0.25, 0.3) is 0 Å². The van der Waals surface area contributed by atoms with E-state index in [1.807, 2.05) is 24.5 Å². The number of nitrogens with one attached hydrogen (secondary N) is 2. The fraction of sp³-hybridized carbons (Fsp3) is 0.500. The Hall–Kier alpha value is -2.40. The fourth-order valence-electron chi connectivity index (χ4n) is 3.82. The number of amides is 2. The van der Waals surface area contributed by atoms with Gasteiger partial charge in [-0.1, -0.05) is 31.9 Å². The first kappa shape index (κ1) is 21.3. The third-order valence-electron chi connectivity index (χ3n) is 5.67. The molecule has 1 fully saturated rings. The van der Waals surface area contributed by atoms with Crippen molar-refractivity contribution in [1.29, 1.82) is 0 Å². The normalized spacial score (nSPS) is 15.2. The molecule has 3 rings (SSSR count). The number of carbonyl (C=O) groups excluding carboxylic acids is 1. The number of aromatic nitrogens is 1. The van der Waals surface area contributed by atoms with E-state index in [2.05, 4.69) is 51.7 Å². The van der Waals surface area contributed by atoms with E-state index in [9.17, 15) is 4.79 Å². The van der Waals surface area contributed by atoms with Crippen LogP contribution in [0.5, 0.6) is 0 Å². The maximum Gasteiger partial charge on any atom is 0.319 e. The standard InChI is InChI=1S/C24H34N4O/c1-2-3-4-5-20-6-8-22(9-7-20)26-24(29)27-23-13-18-28(19-14-23)17-12-21-10-15-25-16-11-21/h6-11,15-16,23H,2-5,12-14,17-19H2,1H3,(H2,26,27,29). The molecular formula is C24H34N4O. The number of hydrogen-bond donors (Lipinski definition) is 2. The van der Waals surface area contributed by atoms with E-state index in [4.69, 9.17) is 0 Å². The Kier molecular flexibility index (Phi) is 8.50.